The van der Waals surface area contributed by atoms with Crippen molar-refractivity contribution in [3.63, 3.8) is 0 Å². The van der Waals surface area contributed by atoms with Crippen LogP contribution >= 0.6 is 0 Å². The Kier molecular flexibility index (Phi) is 6.75. The molecule has 0 saturated heterocycles. The summed E-state index contributed by atoms with van der Waals surface area (Å²) in [4.78, 5) is 24.2. The predicted molar refractivity (Wildman–Crippen MR) is 70.9 cm³/mol. The molecule has 0 spiro atoms. The van der Waals surface area contributed by atoms with Gasteiger partial charge < -0.3 is 19.9 Å². The van der Waals surface area contributed by atoms with Gasteiger partial charge in [0.25, 0.3) is 0 Å². The van der Waals surface area contributed by atoms with E-state index in [-0.39, 0.29) is 38.7 Å². The summed E-state index contributed by atoms with van der Waals surface area (Å²) in [6.07, 6.45) is 1.52. The smallest absolute Gasteiger partial charge is 0.307 e. The lowest BCUT2D eigenvalue weighted by Gasteiger charge is -2.22. The molecule has 1 aromatic rings. The summed E-state index contributed by atoms with van der Waals surface area (Å²) in [5.41, 5.74) is 0. The Labute approximate surface area is 117 Å². The zero-order valence-corrected chi connectivity index (χ0v) is 11.4. The van der Waals surface area contributed by atoms with E-state index in [1.807, 2.05) is 0 Å². The second kappa shape index (κ2) is 8.34. The molecule has 0 saturated carbocycles. The topological polar surface area (TPSA) is 103 Å². The summed E-state index contributed by atoms with van der Waals surface area (Å²) < 4.78 is 5.09. The molecular formula is C13H20N2O5. The van der Waals surface area contributed by atoms with Crippen LogP contribution in [0, 0.1) is 5.92 Å². The Balaban J connectivity index is 2.39. The number of rotatable bonds is 9. The lowest BCUT2D eigenvalue weighted by atomic mass is 10.1. The molecule has 1 aromatic heterocycles. The van der Waals surface area contributed by atoms with Crippen LogP contribution in [-0.4, -0.2) is 53.2 Å². The number of nitrogens with zero attached hydrogens (tertiary/aromatic N) is 1. The molecule has 1 heterocycles. The maximum atomic E-state index is 11.8. The molecule has 0 bridgehead atoms. The summed E-state index contributed by atoms with van der Waals surface area (Å²) in [5, 5.41) is 20.5. The first kappa shape index (κ1) is 16.2. The van der Waals surface area contributed by atoms with Crippen molar-refractivity contribution in [2.75, 3.05) is 26.2 Å². The molecule has 0 fully saturated rings. The van der Waals surface area contributed by atoms with Crippen LogP contribution in [0.15, 0.2) is 22.8 Å². The van der Waals surface area contributed by atoms with Crippen LogP contribution in [0.1, 0.15) is 12.7 Å². The van der Waals surface area contributed by atoms with Crippen LogP contribution in [0.3, 0.4) is 0 Å². The molecule has 1 atom stereocenters. The number of amides is 1. The highest BCUT2D eigenvalue weighted by molar-refractivity contribution is 5.78. The van der Waals surface area contributed by atoms with Crippen LogP contribution in [-0.2, 0) is 16.1 Å². The van der Waals surface area contributed by atoms with Gasteiger partial charge in [-0.1, -0.05) is 6.92 Å². The molecule has 3 N–H and O–H groups in total. The van der Waals surface area contributed by atoms with Crippen LogP contribution in [0.25, 0.3) is 0 Å². The van der Waals surface area contributed by atoms with Crippen LogP contribution in [0.2, 0.25) is 0 Å². The molecule has 20 heavy (non-hydrogen) atoms. The summed E-state index contributed by atoms with van der Waals surface area (Å²) in [6, 6.07) is 3.48. The van der Waals surface area contributed by atoms with E-state index in [2.05, 4.69) is 5.32 Å². The molecule has 7 nitrogen and oxygen atoms in total. The van der Waals surface area contributed by atoms with E-state index in [9.17, 15) is 9.59 Å². The van der Waals surface area contributed by atoms with Gasteiger partial charge in [0, 0.05) is 13.1 Å². The number of aliphatic carboxylic acids is 1. The number of aliphatic hydroxyl groups excluding tert-OH is 1. The molecule has 1 amide bonds. The molecule has 0 aliphatic rings. The van der Waals surface area contributed by atoms with Crippen molar-refractivity contribution >= 4 is 11.9 Å². The lowest BCUT2D eigenvalue weighted by molar-refractivity contribution is -0.142. The van der Waals surface area contributed by atoms with Gasteiger partial charge >= 0.3 is 5.97 Å². The summed E-state index contributed by atoms with van der Waals surface area (Å²) in [7, 11) is 0. The molecule has 7 heteroatoms. The van der Waals surface area contributed by atoms with E-state index in [1.54, 1.807) is 24.0 Å². The fourth-order valence-electron chi connectivity index (χ4n) is 1.70. The number of carboxylic acid groups (broad SMARTS) is 1. The number of hydrogen-bond acceptors (Lipinski definition) is 5. The van der Waals surface area contributed by atoms with Crippen molar-refractivity contribution in [1.29, 1.82) is 0 Å². The van der Waals surface area contributed by atoms with E-state index < -0.39 is 11.9 Å². The molecule has 1 rings (SSSR count). The third-order valence-corrected chi connectivity index (χ3v) is 2.78. The molecule has 112 valence electrons. The minimum atomic E-state index is -0.927. The molecular weight excluding hydrogens is 264 g/mol. The monoisotopic (exact) mass is 284 g/mol. The van der Waals surface area contributed by atoms with Gasteiger partial charge in [0.05, 0.1) is 31.9 Å². The van der Waals surface area contributed by atoms with Gasteiger partial charge in [0.1, 0.15) is 5.76 Å². The SMILES string of the molecule is CC(CN(CCO)CC(=O)NCc1ccco1)C(=O)O. The molecule has 0 aliphatic heterocycles. The average Bonchev–Trinajstić information content (AvgIpc) is 2.89. The number of carbonyl (C=O) groups excluding carboxylic acids is 1. The van der Waals surface area contributed by atoms with Crippen LogP contribution in [0.5, 0.6) is 0 Å². The lowest BCUT2D eigenvalue weighted by Crippen LogP contribution is -2.41. The number of furan rings is 1. The average molecular weight is 284 g/mol. The van der Waals surface area contributed by atoms with Gasteiger partial charge in [0.2, 0.25) is 5.91 Å². The molecule has 0 radical (unpaired) electrons. The quantitative estimate of drug-likeness (QED) is 0.585. The van der Waals surface area contributed by atoms with Crippen molar-refractivity contribution in [3.05, 3.63) is 24.2 Å². The fraction of sp³-hybridized carbons (Fsp3) is 0.538. The largest absolute Gasteiger partial charge is 0.481 e. The first-order valence-electron chi connectivity index (χ1n) is 6.38. The highest BCUT2D eigenvalue weighted by Crippen LogP contribution is 2.01. The Bertz CT molecular complexity index is 418. The van der Waals surface area contributed by atoms with E-state index in [1.165, 1.54) is 6.26 Å². The zero-order chi connectivity index (χ0) is 15.0. The summed E-state index contributed by atoms with van der Waals surface area (Å²) in [5.74, 6) is -1.12. The number of carbonyl (C=O) groups is 2. The van der Waals surface area contributed by atoms with Crippen molar-refractivity contribution in [2.45, 2.75) is 13.5 Å². The highest BCUT2D eigenvalue weighted by atomic mass is 16.4. The Morgan fingerprint density at radius 2 is 2.25 bits per heavy atom. The van der Waals surface area contributed by atoms with E-state index in [4.69, 9.17) is 14.6 Å². The second-order valence-electron chi connectivity index (χ2n) is 4.55. The first-order valence-corrected chi connectivity index (χ1v) is 6.38. The number of hydrogen-bond donors (Lipinski definition) is 3. The number of carboxylic acids is 1. The fourth-order valence-corrected chi connectivity index (χ4v) is 1.70. The molecule has 0 aromatic carbocycles. The third-order valence-electron chi connectivity index (χ3n) is 2.78. The molecule has 0 aliphatic carbocycles. The minimum absolute atomic E-state index is 0.0406. The van der Waals surface area contributed by atoms with Gasteiger partial charge in [-0.3, -0.25) is 14.5 Å². The van der Waals surface area contributed by atoms with Crippen molar-refractivity contribution < 1.29 is 24.2 Å². The van der Waals surface area contributed by atoms with Crippen molar-refractivity contribution in [1.82, 2.24) is 10.2 Å². The van der Waals surface area contributed by atoms with E-state index in [0.29, 0.717) is 5.76 Å². The number of nitrogens with one attached hydrogen (secondary N) is 1. The summed E-state index contributed by atoms with van der Waals surface area (Å²) in [6.45, 7) is 2.23. The van der Waals surface area contributed by atoms with Gasteiger partial charge in [0.15, 0.2) is 0 Å². The van der Waals surface area contributed by atoms with Crippen molar-refractivity contribution in [3.8, 4) is 0 Å². The van der Waals surface area contributed by atoms with Gasteiger partial charge in [-0.25, -0.2) is 0 Å². The second-order valence-corrected chi connectivity index (χ2v) is 4.55. The highest BCUT2D eigenvalue weighted by Gasteiger charge is 2.18. The maximum absolute atomic E-state index is 11.8. The Morgan fingerprint density at radius 3 is 2.80 bits per heavy atom. The van der Waals surface area contributed by atoms with Gasteiger partial charge in [-0.15, -0.1) is 0 Å². The zero-order valence-electron chi connectivity index (χ0n) is 11.4. The standard InChI is InChI=1S/C13H20N2O5/c1-10(13(18)19)8-15(4-5-16)9-12(17)14-7-11-3-2-6-20-11/h2-3,6,10,16H,4-5,7-9H2,1H3,(H,14,17)(H,18,19). The minimum Gasteiger partial charge on any atom is -0.481 e. The van der Waals surface area contributed by atoms with Gasteiger partial charge in [-0.05, 0) is 12.1 Å². The Morgan fingerprint density at radius 1 is 1.50 bits per heavy atom. The maximum Gasteiger partial charge on any atom is 0.307 e. The van der Waals surface area contributed by atoms with Gasteiger partial charge in [-0.2, -0.15) is 0 Å². The van der Waals surface area contributed by atoms with E-state index in [0.717, 1.165) is 0 Å². The Hall–Kier alpha value is -1.86. The van der Waals surface area contributed by atoms with E-state index >= 15 is 0 Å². The van der Waals surface area contributed by atoms with Crippen LogP contribution in [0.4, 0.5) is 0 Å². The van der Waals surface area contributed by atoms with Crippen molar-refractivity contribution in [2.24, 2.45) is 5.92 Å². The van der Waals surface area contributed by atoms with Crippen LogP contribution < -0.4 is 5.32 Å². The normalized spacial score (nSPS) is 12.3. The first-order chi connectivity index (χ1) is 9.52. The predicted octanol–water partition coefficient (Wildman–Crippen LogP) is -0.0892. The summed E-state index contributed by atoms with van der Waals surface area (Å²) >= 11 is 0. The third kappa shape index (κ3) is 5.85. The number of aliphatic hydroxyl groups is 1. The molecule has 1 unspecified atom stereocenters.